The van der Waals surface area contributed by atoms with Crippen LogP contribution in [0.15, 0.2) is 24.3 Å². The maximum absolute atomic E-state index is 12.4. The van der Waals surface area contributed by atoms with Crippen molar-refractivity contribution in [3.05, 3.63) is 24.3 Å². The van der Waals surface area contributed by atoms with Gasteiger partial charge in [-0.15, -0.1) is 0 Å². The Bertz CT molecular complexity index is 1110. The maximum Gasteiger partial charge on any atom is 0.305 e. The number of nitrogens with one attached hydrogen (secondary N) is 1. The van der Waals surface area contributed by atoms with E-state index in [-0.39, 0.29) is 18.5 Å². The van der Waals surface area contributed by atoms with E-state index in [1.54, 1.807) is 6.08 Å². The van der Waals surface area contributed by atoms with E-state index < -0.39 is 12.1 Å². The van der Waals surface area contributed by atoms with E-state index in [1.807, 2.05) is 6.08 Å². The number of aliphatic hydroxyl groups is 2. The van der Waals surface area contributed by atoms with Crippen molar-refractivity contribution < 1.29 is 24.5 Å². The van der Waals surface area contributed by atoms with Crippen molar-refractivity contribution in [2.75, 3.05) is 13.2 Å². The average Bonchev–Trinajstić information content (AvgIpc) is 3.37. The molecule has 6 heteroatoms. The van der Waals surface area contributed by atoms with Crippen LogP contribution in [0.1, 0.15) is 354 Å². The van der Waals surface area contributed by atoms with Gasteiger partial charge in [0.05, 0.1) is 25.4 Å². The summed E-state index contributed by atoms with van der Waals surface area (Å²) in [6, 6.07) is -0.628. The van der Waals surface area contributed by atoms with Gasteiger partial charge >= 0.3 is 5.97 Å². The summed E-state index contributed by atoms with van der Waals surface area (Å²) in [5, 5.41) is 23.0. The van der Waals surface area contributed by atoms with Crippen molar-refractivity contribution in [1.82, 2.24) is 5.32 Å². The molecule has 3 N–H and O–H groups in total. The Labute approximate surface area is 443 Å². The number of carbonyl (C=O) groups excluding carboxylic acids is 2. The Morgan fingerprint density at radius 3 is 1.00 bits per heavy atom. The fourth-order valence-corrected chi connectivity index (χ4v) is 10.0. The van der Waals surface area contributed by atoms with Gasteiger partial charge in [0.2, 0.25) is 5.91 Å². The Balaban J connectivity index is 3.37. The summed E-state index contributed by atoms with van der Waals surface area (Å²) in [5.41, 5.74) is 0. The minimum Gasteiger partial charge on any atom is -0.466 e. The van der Waals surface area contributed by atoms with E-state index in [2.05, 4.69) is 31.3 Å². The van der Waals surface area contributed by atoms with Crippen LogP contribution in [0.3, 0.4) is 0 Å². The Kier molecular flexibility index (Phi) is 59.5. The Morgan fingerprint density at radius 1 is 0.380 bits per heavy atom. The van der Waals surface area contributed by atoms with Crippen molar-refractivity contribution in [2.24, 2.45) is 0 Å². The summed E-state index contributed by atoms with van der Waals surface area (Å²) in [7, 11) is 0. The zero-order chi connectivity index (χ0) is 51.4. The molecule has 1 amide bonds. The van der Waals surface area contributed by atoms with Gasteiger partial charge in [0, 0.05) is 12.8 Å². The molecular weight excluding hydrogens is 875 g/mol. The number of allylic oxidation sites excluding steroid dienone is 3. The Hall–Kier alpha value is -1.66. The van der Waals surface area contributed by atoms with Crippen LogP contribution in [-0.2, 0) is 14.3 Å². The van der Waals surface area contributed by atoms with Crippen molar-refractivity contribution in [1.29, 1.82) is 0 Å². The smallest absolute Gasteiger partial charge is 0.305 e. The number of ether oxygens (including phenoxy) is 1. The number of aliphatic hydroxyl groups excluding tert-OH is 2. The fourth-order valence-electron chi connectivity index (χ4n) is 10.0. The number of hydrogen-bond donors (Lipinski definition) is 3. The molecule has 0 aromatic carbocycles. The zero-order valence-corrected chi connectivity index (χ0v) is 48.0. The first kappa shape index (κ1) is 69.3. The second-order valence-corrected chi connectivity index (χ2v) is 22.1. The molecule has 0 radical (unpaired) electrons. The highest BCUT2D eigenvalue weighted by molar-refractivity contribution is 5.76. The van der Waals surface area contributed by atoms with Crippen molar-refractivity contribution in [2.45, 2.75) is 366 Å². The highest BCUT2D eigenvalue weighted by Gasteiger charge is 2.18. The van der Waals surface area contributed by atoms with Crippen LogP contribution in [0.5, 0.6) is 0 Å². The van der Waals surface area contributed by atoms with Crippen molar-refractivity contribution in [3.8, 4) is 0 Å². The number of amides is 1. The molecule has 0 rings (SSSR count). The fraction of sp³-hybridized carbons (Fsp3) is 0.908. The van der Waals surface area contributed by atoms with Gasteiger partial charge in [0.1, 0.15) is 0 Å². The molecule has 0 saturated carbocycles. The van der Waals surface area contributed by atoms with Crippen LogP contribution >= 0.6 is 0 Å². The largest absolute Gasteiger partial charge is 0.466 e. The normalized spacial score (nSPS) is 12.7. The maximum atomic E-state index is 12.4. The molecule has 0 aromatic rings. The number of rotatable bonds is 60. The lowest BCUT2D eigenvalue weighted by molar-refractivity contribution is -0.143. The molecule has 0 aliphatic rings. The minimum absolute atomic E-state index is 0.0177. The van der Waals surface area contributed by atoms with E-state index >= 15 is 0 Å². The standard InChI is InChI=1S/C65H125NO5/c1-3-5-7-9-11-13-15-16-17-18-29-32-35-39-43-47-51-55-59-65(70)71-60-56-52-48-44-40-36-33-30-27-25-23-21-19-20-22-24-26-28-31-34-38-42-46-50-54-58-64(69)66-62(61-67)63(68)57-53-49-45-41-37-14-12-10-8-6-4-2/h20,22,53,57,62-63,67-68H,3-19,21,23-52,54-56,58-61H2,1-2H3,(H,66,69)/b22-20-,57-53+. The highest BCUT2D eigenvalue weighted by atomic mass is 16.5. The lowest BCUT2D eigenvalue weighted by Gasteiger charge is -2.20. The quantitative estimate of drug-likeness (QED) is 0.0320. The first-order valence-corrected chi connectivity index (χ1v) is 32.1. The molecule has 0 aliphatic heterocycles. The monoisotopic (exact) mass is 1000 g/mol. The van der Waals surface area contributed by atoms with Gasteiger partial charge in [-0.25, -0.2) is 0 Å². The predicted molar refractivity (Wildman–Crippen MR) is 310 cm³/mol. The third kappa shape index (κ3) is 57.5. The molecule has 2 unspecified atom stereocenters. The number of unbranched alkanes of at least 4 members (excludes halogenated alkanes) is 47. The number of hydrogen-bond acceptors (Lipinski definition) is 5. The third-order valence-electron chi connectivity index (χ3n) is 15.0. The summed E-state index contributed by atoms with van der Waals surface area (Å²) < 4.78 is 5.50. The van der Waals surface area contributed by atoms with Gasteiger partial charge in [-0.3, -0.25) is 9.59 Å². The van der Waals surface area contributed by atoms with Gasteiger partial charge in [-0.2, -0.15) is 0 Å². The molecule has 71 heavy (non-hydrogen) atoms. The van der Waals surface area contributed by atoms with Gasteiger partial charge in [-0.05, 0) is 57.8 Å². The summed E-state index contributed by atoms with van der Waals surface area (Å²) >= 11 is 0. The lowest BCUT2D eigenvalue weighted by atomic mass is 10.0. The van der Waals surface area contributed by atoms with Crippen LogP contribution in [0, 0.1) is 0 Å². The molecular formula is C65H125NO5. The first-order valence-electron chi connectivity index (χ1n) is 32.1. The predicted octanol–water partition coefficient (Wildman–Crippen LogP) is 20.2. The zero-order valence-electron chi connectivity index (χ0n) is 48.0. The third-order valence-corrected chi connectivity index (χ3v) is 15.0. The van der Waals surface area contributed by atoms with Gasteiger partial charge in [0.25, 0.3) is 0 Å². The number of esters is 1. The lowest BCUT2D eigenvalue weighted by Crippen LogP contribution is -2.45. The molecule has 0 saturated heterocycles. The summed E-state index contributed by atoms with van der Waals surface area (Å²) in [6.45, 7) is 4.91. The van der Waals surface area contributed by atoms with E-state index in [0.29, 0.717) is 19.4 Å². The number of carbonyl (C=O) groups is 2. The van der Waals surface area contributed by atoms with E-state index in [4.69, 9.17) is 4.74 Å². The molecule has 0 heterocycles. The minimum atomic E-state index is -0.844. The summed E-state index contributed by atoms with van der Waals surface area (Å²) in [6.07, 6.45) is 75.2. The van der Waals surface area contributed by atoms with Crippen LogP contribution < -0.4 is 5.32 Å². The first-order chi connectivity index (χ1) is 35.0. The van der Waals surface area contributed by atoms with Crippen molar-refractivity contribution in [3.63, 3.8) is 0 Å². The molecule has 0 fully saturated rings. The second-order valence-electron chi connectivity index (χ2n) is 22.1. The van der Waals surface area contributed by atoms with Gasteiger partial charge < -0.3 is 20.3 Å². The van der Waals surface area contributed by atoms with Crippen molar-refractivity contribution >= 4 is 11.9 Å². The second kappa shape index (κ2) is 60.9. The SMILES string of the molecule is CCCCCCCCCCC/C=C/C(O)C(CO)NC(=O)CCCCCCCCCCC/C=C\CCCCCCCCCCCCCCOC(=O)CCCCCCCCCCCCCCCCCCCC. The Morgan fingerprint density at radius 2 is 0.662 bits per heavy atom. The van der Waals surface area contributed by atoms with E-state index in [9.17, 15) is 19.8 Å². The summed E-state index contributed by atoms with van der Waals surface area (Å²) in [5.74, 6) is -0.0536. The molecule has 0 bridgehead atoms. The van der Waals surface area contributed by atoms with Gasteiger partial charge in [-0.1, -0.05) is 308 Å². The van der Waals surface area contributed by atoms with Gasteiger partial charge in [0.15, 0.2) is 0 Å². The average molecular weight is 1000 g/mol. The molecule has 0 aliphatic carbocycles. The molecule has 2 atom stereocenters. The van der Waals surface area contributed by atoms with Crippen LogP contribution in [0.2, 0.25) is 0 Å². The molecule has 6 nitrogen and oxygen atoms in total. The van der Waals surface area contributed by atoms with E-state index in [0.717, 1.165) is 38.5 Å². The molecule has 420 valence electrons. The van der Waals surface area contributed by atoms with Crippen LogP contribution in [0.4, 0.5) is 0 Å². The highest BCUT2D eigenvalue weighted by Crippen LogP contribution is 2.18. The van der Waals surface area contributed by atoms with Crippen LogP contribution in [0.25, 0.3) is 0 Å². The topological polar surface area (TPSA) is 95.9 Å². The molecule has 0 aromatic heterocycles. The molecule has 0 spiro atoms. The summed E-state index contributed by atoms with van der Waals surface area (Å²) in [4.78, 5) is 24.5. The van der Waals surface area contributed by atoms with Crippen LogP contribution in [-0.4, -0.2) is 47.4 Å². The van der Waals surface area contributed by atoms with E-state index in [1.165, 1.54) is 289 Å².